The molecule has 0 aromatic rings. The maximum absolute atomic E-state index is 11.5. The smallest absolute Gasteiger partial charge is 0.312 e. The second-order valence-corrected chi connectivity index (χ2v) is 6.40. The van der Waals surface area contributed by atoms with Crippen molar-refractivity contribution < 1.29 is 14.6 Å². The van der Waals surface area contributed by atoms with E-state index in [-0.39, 0.29) is 5.97 Å². The molecule has 1 fully saturated rings. The van der Waals surface area contributed by atoms with Crippen molar-refractivity contribution in [2.24, 2.45) is 11.3 Å². The number of hydrogen-bond donors (Lipinski definition) is 2. The summed E-state index contributed by atoms with van der Waals surface area (Å²) in [5, 5.41) is 13.7. The van der Waals surface area contributed by atoms with Gasteiger partial charge in [0.05, 0.1) is 18.1 Å². The standard InChI is InChI=1S/C14H27NO3/c1-11-6-5-7-14(17,8-11)10-15-9-13(2,3)12(16)18-4/h11,15,17H,5-10H2,1-4H3. The first-order chi connectivity index (χ1) is 8.29. The summed E-state index contributed by atoms with van der Waals surface area (Å²) in [4.78, 5) is 11.5. The van der Waals surface area contributed by atoms with Gasteiger partial charge in [0.25, 0.3) is 0 Å². The number of esters is 1. The Hall–Kier alpha value is -0.610. The number of rotatable bonds is 5. The van der Waals surface area contributed by atoms with E-state index in [1.807, 2.05) is 13.8 Å². The molecule has 0 heterocycles. The molecule has 0 aromatic heterocycles. The first-order valence-corrected chi connectivity index (χ1v) is 6.81. The highest BCUT2D eigenvalue weighted by atomic mass is 16.5. The number of carbonyl (C=O) groups excluding carboxylic acids is 1. The van der Waals surface area contributed by atoms with Crippen molar-refractivity contribution in [1.82, 2.24) is 5.32 Å². The van der Waals surface area contributed by atoms with Gasteiger partial charge >= 0.3 is 5.97 Å². The van der Waals surface area contributed by atoms with Gasteiger partial charge in [0.2, 0.25) is 0 Å². The normalized spacial score (nSPS) is 29.1. The van der Waals surface area contributed by atoms with E-state index in [1.165, 1.54) is 13.5 Å². The number of carbonyl (C=O) groups is 1. The fourth-order valence-corrected chi connectivity index (χ4v) is 2.75. The van der Waals surface area contributed by atoms with Crippen LogP contribution in [0.15, 0.2) is 0 Å². The highest BCUT2D eigenvalue weighted by molar-refractivity contribution is 5.76. The van der Waals surface area contributed by atoms with E-state index in [1.54, 1.807) is 0 Å². The molecule has 1 rings (SSSR count). The van der Waals surface area contributed by atoms with E-state index in [0.717, 1.165) is 19.3 Å². The topological polar surface area (TPSA) is 58.6 Å². The van der Waals surface area contributed by atoms with Gasteiger partial charge in [-0.25, -0.2) is 0 Å². The van der Waals surface area contributed by atoms with Crippen LogP contribution >= 0.6 is 0 Å². The summed E-state index contributed by atoms with van der Waals surface area (Å²) in [5.41, 5.74) is -1.16. The van der Waals surface area contributed by atoms with E-state index >= 15 is 0 Å². The van der Waals surface area contributed by atoms with Gasteiger partial charge in [-0.2, -0.15) is 0 Å². The number of ether oxygens (including phenoxy) is 1. The van der Waals surface area contributed by atoms with Crippen molar-refractivity contribution in [3.05, 3.63) is 0 Å². The average Bonchev–Trinajstić information content (AvgIpc) is 2.26. The molecule has 4 heteroatoms. The van der Waals surface area contributed by atoms with E-state index in [4.69, 9.17) is 4.74 Å². The predicted molar refractivity (Wildman–Crippen MR) is 71.2 cm³/mol. The Morgan fingerprint density at radius 1 is 1.56 bits per heavy atom. The van der Waals surface area contributed by atoms with Crippen molar-refractivity contribution in [2.45, 2.75) is 52.1 Å². The van der Waals surface area contributed by atoms with Crippen molar-refractivity contribution in [3.63, 3.8) is 0 Å². The van der Waals surface area contributed by atoms with Gasteiger partial charge < -0.3 is 15.2 Å². The molecule has 1 aliphatic rings. The van der Waals surface area contributed by atoms with Gasteiger partial charge in [-0.1, -0.05) is 19.8 Å². The van der Waals surface area contributed by atoms with Crippen molar-refractivity contribution in [2.75, 3.05) is 20.2 Å². The number of hydrogen-bond acceptors (Lipinski definition) is 4. The number of nitrogens with one attached hydrogen (secondary N) is 1. The van der Waals surface area contributed by atoms with Crippen LogP contribution in [0.1, 0.15) is 46.5 Å². The Morgan fingerprint density at radius 3 is 2.78 bits per heavy atom. The fraction of sp³-hybridized carbons (Fsp3) is 0.929. The summed E-state index contributed by atoms with van der Waals surface area (Å²) in [6, 6.07) is 0. The molecule has 2 unspecified atom stereocenters. The molecule has 2 N–H and O–H groups in total. The fourth-order valence-electron chi connectivity index (χ4n) is 2.75. The molecule has 2 atom stereocenters. The lowest BCUT2D eigenvalue weighted by Crippen LogP contribution is -2.47. The SMILES string of the molecule is COC(=O)C(C)(C)CNCC1(O)CCCC(C)C1. The highest BCUT2D eigenvalue weighted by Gasteiger charge is 2.34. The summed E-state index contributed by atoms with van der Waals surface area (Å²) in [7, 11) is 1.40. The number of aliphatic hydroxyl groups is 1. The molecule has 0 radical (unpaired) electrons. The van der Waals surface area contributed by atoms with Crippen LogP contribution in [0.5, 0.6) is 0 Å². The highest BCUT2D eigenvalue weighted by Crippen LogP contribution is 2.31. The first-order valence-electron chi connectivity index (χ1n) is 6.81. The van der Waals surface area contributed by atoms with E-state index in [2.05, 4.69) is 12.2 Å². The zero-order chi connectivity index (χ0) is 13.8. The van der Waals surface area contributed by atoms with Crippen LogP contribution < -0.4 is 5.32 Å². The third kappa shape index (κ3) is 4.25. The third-order valence-electron chi connectivity index (χ3n) is 3.83. The molecule has 18 heavy (non-hydrogen) atoms. The average molecular weight is 257 g/mol. The maximum Gasteiger partial charge on any atom is 0.312 e. The van der Waals surface area contributed by atoms with Crippen molar-refractivity contribution in [3.8, 4) is 0 Å². The van der Waals surface area contributed by atoms with Crippen LogP contribution in [0, 0.1) is 11.3 Å². The third-order valence-corrected chi connectivity index (χ3v) is 3.83. The molecule has 0 spiro atoms. The van der Waals surface area contributed by atoms with Crippen molar-refractivity contribution >= 4 is 5.97 Å². The van der Waals surface area contributed by atoms with Crippen LogP contribution in [0.4, 0.5) is 0 Å². The van der Waals surface area contributed by atoms with Gasteiger partial charge in [0, 0.05) is 13.1 Å². The molecular formula is C14H27NO3. The summed E-state index contributed by atoms with van der Waals surface area (Å²) in [6.07, 6.45) is 3.98. The molecule has 4 nitrogen and oxygen atoms in total. The summed E-state index contributed by atoms with van der Waals surface area (Å²) in [5.74, 6) is 0.359. The Kier molecular flexibility index (Phi) is 5.17. The maximum atomic E-state index is 11.5. The molecular weight excluding hydrogens is 230 g/mol. The largest absolute Gasteiger partial charge is 0.469 e. The zero-order valence-corrected chi connectivity index (χ0v) is 12.1. The molecule has 0 amide bonds. The summed E-state index contributed by atoms with van der Waals surface area (Å²) < 4.78 is 4.76. The summed E-state index contributed by atoms with van der Waals surface area (Å²) >= 11 is 0. The number of methoxy groups -OCH3 is 1. The second kappa shape index (κ2) is 6.02. The van der Waals surface area contributed by atoms with Crippen LogP contribution in [-0.2, 0) is 9.53 Å². The van der Waals surface area contributed by atoms with Gasteiger partial charge in [0.15, 0.2) is 0 Å². The molecule has 1 aliphatic carbocycles. The van der Waals surface area contributed by atoms with Gasteiger partial charge in [0.1, 0.15) is 0 Å². The van der Waals surface area contributed by atoms with Crippen LogP contribution in [0.2, 0.25) is 0 Å². The Labute approximate surface area is 110 Å². The molecule has 0 aromatic carbocycles. The Balaban J connectivity index is 2.39. The van der Waals surface area contributed by atoms with Gasteiger partial charge in [-0.15, -0.1) is 0 Å². The zero-order valence-electron chi connectivity index (χ0n) is 12.1. The van der Waals surface area contributed by atoms with Gasteiger partial charge in [-0.05, 0) is 32.6 Å². The lowest BCUT2D eigenvalue weighted by Gasteiger charge is -2.36. The minimum Gasteiger partial charge on any atom is -0.469 e. The predicted octanol–water partition coefficient (Wildman–Crippen LogP) is 1.72. The van der Waals surface area contributed by atoms with E-state index in [0.29, 0.717) is 19.0 Å². The molecule has 106 valence electrons. The van der Waals surface area contributed by atoms with Crippen LogP contribution in [-0.4, -0.2) is 36.9 Å². The molecule has 0 saturated heterocycles. The molecule has 0 bridgehead atoms. The second-order valence-electron chi connectivity index (χ2n) is 6.40. The minimum absolute atomic E-state index is 0.223. The monoisotopic (exact) mass is 257 g/mol. The Bertz CT molecular complexity index is 291. The first kappa shape index (κ1) is 15.4. The molecule has 1 saturated carbocycles. The van der Waals surface area contributed by atoms with Crippen LogP contribution in [0.3, 0.4) is 0 Å². The van der Waals surface area contributed by atoms with E-state index in [9.17, 15) is 9.90 Å². The van der Waals surface area contributed by atoms with E-state index < -0.39 is 11.0 Å². The Morgan fingerprint density at radius 2 is 2.22 bits per heavy atom. The van der Waals surface area contributed by atoms with Crippen molar-refractivity contribution in [1.29, 1.82) is 0 Å². The molecule has 0 aliphatic heterocycles. The van der Waals surface area contributed by atoms with Gasteiger partial charge in [-0.3, -0.25) is 4.79 Å². The lowest BCUT2D eigenvalue weighted by molar-refractivity contribution is -0.150. The quantitative estimate of drug-likeness (QED) is 0.736. The lowest BCUT2D eigenvalue weighted by atomic mass is 9.79. The van der Waals surface area contributed by atoms with Crippen LogP contribution in [0.25, 0.3) is 0 Å². The summed E-state index contributed by atoms with van der Waals surface area (Å²) in [6.45, 7) is 6.95. The minimum atomic E-state index is -0.607.